The van der Waals surface area contributed by atoms with E-state index in [-0.39, 0.29) is 17.7 Å². The van der Waals surface area contributed by atoms with Crippen LogP contribution >= 0.6 is 0 Å². The number of hydrogen-bond donors (Lipinski definition) is 1. The SMILES string of the molecule is NC(=O)[C@@H]1CCCN(C(=O)c2cn(Cc3cccc4ccccc34)nn2)C1. The average Bonchev–Trinajstić information content (AvgIpc) is 3.16. The van der Waals surface area contributed by atoms with E-state index in [1.165, 1.54) is 0 Å². The average molecular weight is 363 g/mol. The molecule has 1 atom stereocenters. The van der Waals surface area contributed by atoms with Crippen LogP contribution < -0.4 is 5.73 Å². The van der Waals surface area contributed by atoms with Crippen molar-refractivity contribution in [2.45, 2.75) is 19.4 Å². The highest BCUT2D eigenvalue weighted by Gasteiger charge is 2.28. The van der Waals surface area contributed by atoms with Crippen molar-refractivity contribution in [2.75, 3.05) is 13.1 Å². The van der Waals surface area contributed by atoms with Gasteiger partial charge in [-0.15, -0.1) is 5.10 Å². The van der Waals surface area contributed by atoms with E-state index in [1.807, 2.05) is 24.3 Å². The number of rotatable bonds is 4. The van der Waals surface area contributed by atoms with Gasteiger partial charge in [0, 0.05) is 13.1 Å². The molecule has 3 aromatic rings. The largest absolute Gasteiger partial charge is 0.369 e. The molecule has 7 nitrogen and oxygen atoms in total. The minimum absolute atomic E-state index is 0.204. The number of aromatic nitrogens is 3. The quantitative estimate of drug-likeness (QED) is 0.765. The van der Waals surface area contributed by atoms with E-state index in [0.29, 0.717) is 25.3 Å². The smallest absolute Gasteiger partial charge is 0.276 e. The molecular weight excluding hydrogens is 342 g/mol. The maximum Gasteiger partial charge on any atom is 0.276 e. The Bertz CT molecular complexity index is 991. The number of hydrogen-bond acceptors (Lipinski definition) is 4. The number of likely N-dealkylation sites (tertiary alicyclic amines) is 1. The van der Waals surface area contributed by atoms with E-state index in [1.54, 1.807) is 15.8 Å². The van der Waals surface area contributed by atoms with Crippen LogP contribution in [0.25, 0.3) is 10.8 Å². The normalized spacial score (nSPS) is 17.2. The molecule has 4 rings (SSSR count). The zero-order chi connectivity index (χ0) is 18.8. The first-order chi connectivity index (χ1) is 13.1. The second kappa shape index (κ2) is 7.19. The van der Waals surface area contributed by atoms with Gasteiger partial charge in [-0.2, -0.15) is 0 Å². The van der Waals surface area contributed by atoms with Crippen molar-refractivity contribution in [3.05, 3.63) is 59.9 Å². The molecule has 138 valence electrons. The second-order valence-corrected chi connectivity index (χ2v) is 6.93. The van der Waals surface area contributed by atoms with Crippen molar-refractivity contribution in [2.24, 2.45) is 11.7 Å². The number of carbonyl (C=O) groups is 2. The lowest BCUT2D eigenvalue weighted by Crippen LogP contribution is -2.44. The monoisotopic (exact) mass is 363 g/mol. The van der Waals surface area contributed by atoms with E-state index in [9.17, 15) is 9.59 Å². The molecular formula is C20H21N5O2. The third-order valence-corrected chi connectivity index (χ3v) is 5.08. The lowest BCUT2D eigenvalue weighted by molar-refractivity contribution is -0.123. The van der Waals surface area contributed by atoms with Gasteiger partial charge in [-0.25, -0.2) is 4.68 Å². The summed E-state index contributed by atoms with van der Waals surface area (Å²) in [6, 6.07) is 14.3. The summed E-state index contributed by atoms with van der Waals surface area (Å²) in [5.74, 6) is -0.842. The fourth-order valence-corrected chi connectivity index (χ4v) is 3.63. The first kappa shape index (κ1) is 17.2. The number of nitrogens with zero attached hydrogens (tertiary/aromatic N) is 4. The highest BCUT2D eigenvalue weighted by atomic mass is 16.2. The minimum atomic E-state index is -0.355. The summed E-state index contributed by atoms with van der Waals surface area (Å²) in [5.41, 5.74) is 6.80. The van der Waals surface area contributed by atoms with Crippen molar-refractivity contribution < 1.29 is 9.59 Å². The molecule has 0 unspecified atom stereocenters. The van der Waals surface area contributed by atoms with Crippen LogP contribution in [-0.2, 0) is 11.3 Å². The third-order valence-electron chi connectivity index (χ3n) is 5.08. The van der Waals surface area contributed by atoms with Gasteiger partial charge >= 0.3 is 0 Å². The van der Waals surface area contributed by atoms with Gasteiger partial charge in [0.2, 0.25) is 5.91 Å². The Morgan fingerprint density at radius 2 is 1.96 bits per heavy atom. The molecule has 1 saturated heterocycles. The Morgan fingerprint density at radius 1 is 1.15 bits per heavy atom. The van der Waals surface area contributed by atoms with Crippen LogP contribution in [0.5, 0.6) is 0 Å². The lowest BCUT2D eigenvalue weighted by atomic mass is 9.97. The van der Waals surface area contributed by atoms with Crippen molar-refractivity contribution in [1.82, 2.24) is 19.9 Å². The van der Waals surface area contributed by atoms with Crippen LogP contribution in [0.3, 0.4) is 0 Å². The lowest BCUT2D eigenvalue weighted by Gasteiger charge is -2.30. The number of fused-ring (bicyclic) bond motifs is 1. The minimum Gasteiger partial charge on any atom is -0.369 e. The van der Waals surface area contributed by atoms with Crippen molar-refractivity contribution in [1.29, 1.82) is 0 Å². The Labute approximate surface area is 156 Å². The van der Waals surface area contributed by atoms with Gasteiger partial charge in [-0.3, -0.25) is 9.59 Å². The molecule has 1 aromatic heterocycles. The van der Waals surface area contributed by atoms with Gasteiger partial charge in [0.15, 0.2) is 5.69 Å². The number of carbonyl (C=O) groups excluding carboxylic acids is 2. The molecule has 1 fully saturated rings. The maximum absolute atomic E-state index is 12.7. The third kappa shape index (κ3) is 3.53. The van der Waals surface area contributed by atoms with E-state index in [2.05, 4.69) is 28.5 Å². The molecule has 2 amide bonds. The number of amides is 2. The van der Waals surface area contributed by atoms with Gasteiger partial charge in [0.05, 0.1) is 18.7 Å². The molecule has 0 spiro atoms. The highest BCUT2D eigenvalue weighted by molar-refractivity contribution is 5.92. The molecule has 0 bridgehead atoms. The fourth-order valence-electron chi connectivity index (χ4n) is 3.63. The highest BCUT2D eigenvalue weighted by Crippen LogP contribution is 2.20. The maximum atomic E-state index is 12.7. The summed E-state index contributed by atoms with van der Waals surface area (Å²) in [6.45, 7) is 1.49. The summed E-state index contributed by atoms with van der Waals surface area (Å²) in [6.07, 6.45) is 3.16. The zero-order valence-electron chi connectivity index (χ0n) is 14.9. The summed E-state index contributed by atoms with van der Waals surface area (Å²) >= 11 is 0. The number of nitrogens with two attached hydrogens (primary N) is 1. The van der Waals surface area contributed by atoms with Crippen molar-refractivity contribution in [3.8, 4) is 0 Å². The molecule has 27 heavy (non-hydrogen) atoms. The molecule has 0 saturated carbocycles. The van der Waals surface area contributed by atoms with Crippen LogP contribution in [0.15, 0.2) is 48.7 Å². The predicted molar refractivity (Wildman–Crippen MR) is 101 cm³/mol. The van der Waals surface area contributed by atoms with Crippen LogP contribution in [0.4, 0.5) is 0 Å². The van der Waals surface area contributed by atoms with Crippen molar-refractivity contribution in [3.63, 3.8) is 0 Å². The fraction of sp³-hybridized carbons (Fsp3) is 0.300. The second-order valence-electron chi connectivity index (χ2n) is 6.93. The molecule has 2 N–H and O–H groups in total. The zero-order valence-corrected chi connectivity index (χ0v) is 14.9. The number of primary amides is 1. The van der Waals surface area contributed by atoms with Gasteiger partial charge in [0.1, 0.15) is 0 Å². The van der Waals surface area contributed by atoms with Crippen LogP contribution in [0.2, 0.25) is 0 Å². The standard InChI is InChI=1S/C20H21N5O2/c21-19(26)16-8-4-10-24(11-16)20(27)18-13-25(23-22-18)12-15-7-3-6-14-5-1-2-9-17(14)15/h1-3,5-7,9,13,16H,4,8,10-12H2,(H2,21,26)/t16-/m1/s1. The van der Waals surface area contributed by atoms with E-state index < -0.39 is 0 Å². The van der Waals surface area contributed by atoms with Crippen LogP contribution in [0, 0.1) is 5.92 Å². The Balaban J connectivity index is 1.51. The summed E-state index contributed by atoms with van der Waals surface area (Å²) in [5, 5.41) is 10.5. The number of piperidine rings is 1. The van der Waals surface area contributed by atoms with E-state index in [4.69, 9.17) is 5.73 Å². The predicted octanol–water partition coefficient (Wildman–Crippen LogP) is 1.82. The van der Waals surface area contributed by atoms with Gasteiger partial charge in [-0.05, 0) is 29.2 Å². The summed E-state index contributed by atoms with van der Waals surface area (Å²) in [4.78, 5) is 25.8. The van der Waals surface area contributed by atoms with Gasteiger partial charge < -0.3 is 10.6 Å². The van der Waals surface area contributed by atoms with Crippen molar-refractivity contribution >= 4 is 22.6 Å². The van der Waals surface area contributed by atoms with Crippen LogP contribution in [0.1, 0.15) is 28.9 Å². The number of benzene rings is 2. The van der Waals surface area contributed by atoms with Crippen LogP contribution in [-0.4, -0.2) is 44.8 Å². The topological polar surface area (TPSA) is 94.1 Å². The molecule has 2 heterocycles. The Hall–Kier alpha value is -3.22. The summed E-state index contributed by atoms with van der Waals surface area (Å²) in [7, 11) is 0. The van der Waals surface area contributed by atoms with E-state index in [0.717, 1.165) is 29.2 Å². The Kier molecular flexibility index (Phi) is 4.58. The van der Waals surface area contributed by atoms with Gasteiger partial charge in [-0.1, -0.05) is 47.7 Å². The molecule has 0 aliphatic carbocycles. The molecule has 1 aliphatic heterocycles. The molecule has 7 heteroatoms. The molecule has 0 radical (unpaired) electrons. The first-order valence-corrected chi connectivity index (χ1v) is 9.07. The Morgan fingerprint density at radius 3 is 2.81 bits per heavy atom. The molecule has 2 aromatic carbocycles. The first-order valence-electron chi connectivity index (χ1n) is 9.07. The van der Waals surface area contributed by atoms with E-state index >= 15 is 0 Å². The molecule has 1 aliphatic rings. The van der Waals surface area contributed by atoms with Gasteiger partial charge in [0.25, 0.3) is 5.91 Å². The summed E-state index contributed by atoms with van der Waals surface area (Å²) < 4.78 is 1.67.